The van der Waals surface area contributed by atoms with Crippen molar-refractivity contribution in [1.29, 1.82) is 0 Å². The number of benzene rings is 1. The highest BCUT2D eigenvalue weighted by Gasteiger charge is 2.30. The van der Waals surface area contributed by atoms with Crippen LogP contribution < -0.4 is 16.6 Å². The molecular weight excluding hydrogens is 448 g/mol. The van der Waals surface area contributed by atoms with Crippen LogP contribution in [-0.2, 0) is 6.54 Å². The molecule has 7 nitrogen and oxygen atoms in total. The van der Waals surface area contributed by atoms with Crippen LogP contribution >= 0.6 is 15.9 Å². The van der Waals surface area contributed by atoms with Crippen molar-refractivity contribution in [2.45, 2.75) is 45.2 Å². The van der Waals surface area contributed by atoms with Gasteiger partial charge in [-0.15, -0.1) is 0 Å². The van der Waals surface area contributed by atoms with Crippen molar-refractivity contribution in [2.75, 3.05) is 0 Å². The molecule has 2 heterocycles. The van der Waals surface area contributed by atoms with Crippen LogP contribution in [0.4, 0.5) is 0 Å². The standard InChI is InChI=1S/C22H23BrN4O3/c1-2-10-27-19-17(21(29)26-22(27)30)11-15(12-24-19)20(28)25-18(13-4-3-5-13)14-6-8-16(23)9-7-14/h6-9,11-13,18H,2-5,10H2,1H3,(H,25,28)(H,26,29,30). The Hall–Kier alpha value is -2.74. The van der Waals surface area contributed by atoms with Crippen LogP contribution in [0.5, 0.6) is 0 Å². The van der Waals surface area contributed by atoms with Gasteiger partial charge in [0.25, 0.3) is 11.5 Å². The van der Waals surface area contributed by atoms with Gasteiger partial charge < -0.3 is 5.32 Å². The Morgan fingerprint density at radius 3 is 2.67 bits per heavy atom. The summed E-state index contributed by atoms with van der Waals surface area (Å²) >= 11 is 3.45. The smallest absolute Gasteiger partial charge is 0.329 e. The first-order valence-electron chi connectivity index (χ1n) is 10.2. The lowest BCUT2D eigenvalue weighted by Crippen LogP contribution is -2.36. The second kappa shape index (κ2) is 8.55. The second-order valence-corrected chi connectivity index (χ2v) is 8.62. The van der Waals surface area contributed by atoms with Crippen molar-refractivity contribution in [3.63, 3.8) is 0 Å². The number of hydrogen-bond acceptors (Lipinski definition) is 4. The number of carbonyl (C=O) groups excluding carboxylic acids is 1. The fourth-order valence-electron chi connectivity index (χ4n) is 3.86. The third kappa shape index (κ3) is 3.96. The predicted molar refractivity (Wildman–Crippen MR) is 119 cm³/mol. The van der Waals surface area contributed by atoms with Gasteiger partial charge >= 0.3 is 5.69 Å². The average molecular weight is 471 g/mol. The quantitative estimate of drug-likeness (QED) is 0.575. The number of nitrogens with one attached hydrogen (secondary N) is 2. The van der Waals surface area contributed by atoms with E-state index in [4.69, 9.17) is 0 Å². The maximum absolute atomic E-state index is 13.0. The van der Waals surface area contributed by atoms with Gasteiger partial charge in [0.15, 0.2) is 0 Å². The zero-order valence-electron chi connectivity index (χ0n) is 16.7. The lowest BCUT2D eigenvalue weighted by atomic mass is 9.77. The maximum Gasteiger partial charge on any atom is 0.329 e. The van der Waals surface area contributed by atoms with Gasteiger partial charge in [0, 0.05) is 17.2 Å². The number of hydrogen-bond donors (Lipinski definition) is 2. The van der Waals surface area contributed by atoms with Gasteiger partial charge in [0.05, 0.1) is 17.0 Å². The Labute approximate surface area is 181 Å². The van der Waals surface area contributed by atoms with Crippen LogP contribution in [0.1, 0.15) is 54.6 Å². The highest BCUT2D eigenvalue weighted by molar-refractivity contribution is 9.10. The molecule has 0 radical (unpaired) electrons. The molecule has 0 spiro atoms. The number of pyridine rings is 1. The topological polar surface area (TPSA) is 96.9 Å². The van der Waals surface area contributed by atoms with Gasteiger partial charge in [-0.05, 0) is 48.9 Å². The van der Waals surface area contributed by atoms with Crippen molar-refractivity contribution in [1.82, 2.24) is 19.9 Å². The monoisotopic (exact) mass is 470 g/mol. The van der Waals surface area contributed by atoms with Crippen LogP contribution in [-0.4, -0.2) is 20.4 Å². The molecule has 8 heteroatoms. The normalized spacial score (nSPS) is 15.0. The summed E-state index contributed by atoms with van der Waals surface area (Å²) in [5, 5.41) is 3.37. The highest BCUT2D eigenvalue weighted by atomic mass is 79.9. The van der Waals surface area contributed by atoms with Crippen LogP contribution in [0.3, 0.4) is 0 Å². The van der Waals surface area contributed by atoms with Crippen LogP contribution in [0.2, 0.25) is 0 Å². The number of fused-ring (bicyclic) bond motifs is 1. The van der Waals surface area contributed by atoms with Gasteiger partial charge in [-0.1, -0.05) is 41.4 Å². The minimum Gasteiger partial charge on any atom is -0.345 e. The Bertz CT molecular complexity index is 1200. The molecule has 156 valence electrons. The lowest BCUT2D eigenvalue weighted by molar-refractivity contribution is 0.0900. The third-order valence-corrected chi connectivity index (χ3v) is 6.21. The van der Waals surface area contributed by atoms with Gasteiger partial charge in [0.1, 0.15) is 5.65 Å². The largest absolute Gasteiger partial charge is 0.345 e. The Kier molecular flexibility index (Phi) is 5.85. The second-order valence-electron chi connectivity index (χ2n) is 7.70. The van der Waals surface area contributed by atoms with Crippen LogP contribution in [0, 0.1) is 5.92 Å². The van der Waals surface area contributed by atoms with Gasteiger partial charge in [-0.2, -0.15) is 0 Å². The van der Waals surface area contributed by atoms with Gasteiger partial charge in [0.2, 0.25) is 0 Å². The van der Waals surface area contributed by atoms with Crippen LogP contribution in [0.25, 0.3) is 11.0 Å². The van der Waals surface area contributed by atoms with E-state index in [2.05, 4.69) is 31.2 Å². The summed E-state index contributed by atoms with van der Waals surface area (Å²) in [6, 6.07) is 9.39. The average Bonchev–Trinajstić information content (AvgIpc) is 2.69. The van der Waals surface area contributed by atoms with Gasteiger partial charge in [-0.25, -0.2) is 9.78 Å². The van der Waals surface area contributed by atoms with E-state index in [1.165, 1.54) is 16.8 Å². The third-order valence-electron chi connectivity index (χ3n) is 5.68. The first-order valence-corrected chi connectivity index (χ1v) is 11.0. The first-order chi connectivity index (χ1) is 14.5. The summed E-state index contributed by atoms with van der Waals surface area (Å²) in [4.78, 5) is 44.1. The summed E-state index contributed by atoms with van der Waals surface area (Å²) in [6.45, 7) is 2.38. The van der Waals surface area contributed by atoms with E-state index in [-0.39, 0.29) is 17.3 Å². The zero-order valence-corrected chi connectivity index (χ0v) is 18.2. The number of halogens is 1. The van der Waals surface area contributed by atoms with Gasteiger partial charge in [-0.3, -0.25) is 19.1 Å². The molecule has 2 aromatic heterocycles. The number of H-pyrrole nitrogens is 1. The number of amides is 1. The molecule has 1 aliphatic carbocycles. The molecule has 0 bridgehead atoms. The van der Waals surface area contributed by atoms with Crippen molar-refractivity contribution in [3.8, 4) is 0 Å². The molecule has 3 aromatic rings. The van der Waals surface area contributed by atoms with Crippen molar-refractivity contribution < 1.29 is 4.79 Å². The van der Waals surface area contributed by atoms with Crippen molar-refractivity contribution in [3.05, 3.63) is 73.0 Å². The molecule has 1 unspecified atom stereocenters. The summed E-state index contributed by atoms with van der Waals surface area (Å²) < 4.78 is 2.42. The van der Waals surface area contributed by atoms with Crippen LogP contribution in [0.15, 0.2) is 50.6 Å². The van der Waals surface area contributed by atoms with E-state index in [1.807, 2.05) is 31.2 Å². The van der Waals surface area contributed by atoms with Crippen molar-refractivity contribution >= 4 is 32.9 Å². The molecule has 1 atom stereocenters. The lowest BCUT2D eigenvalue weighted by Gasteiger charge is -2.34. The maximum atomic E-state index is 13.0. The molecular formula is C22H23BrN4O3. The fraction of sp³-hybridized carbons (Fsp3) is 0.364. The summed E-state index contributed by atoms with van der Waals surface area (Å²) in [6.07, 6.45) is 5.46. The van der Waals surface area contributed by atoms with E-state index < -0.39 is 11.2 Å². The zero-order chi connectivity index (χ0) is 21.3. The highest BCUT2D eigenvalue weighted by Crippen LogP contribution is 2.38. The van der Waals surface area contributed by atoms with Crippen molar-refractivity contribution in [2.24, 2.45) is 5.92 Å². The molecule has 2 N–H and O–H groups in total. The molecule has 1 aliphatic rings. The molecule has 30 heavy (non-hydrogen) atoms. The molecule has 4 rings (SSSR count). The number of aryl methyl sites for hydroxylation is 1. The molecule has 0 aliphatic heterocycles. The van der Waals surface area contributed by atoms with E-state index in [9.17, 15) is 14.4 Å². The van der Waals surface area contributed by atoms with E-state index >= 15 is 0 Å². The number of aromatic amines is 1. The SMILES string of the molecule is CCCn1c(=O)[nH]c(=O)c2cc(C(=O)NC(c3ccc(Br)cc3)C3CCC3)cnc21. The summed E-state index contributed by atoms with van der Waals surface area (Å²) in [5.41, 5.74) is 0.633. The Morgan fingerprint density at radius 1 is 1.30 bits per heavy atom. The van der Waals surface area contributed by atoms with E-state index in [1.54, 1.807) is 0 Å². The minimum absolute atomic E-state index is 0.0950. The number of rotatable bonds is 6. The number of nitrogens with zero attached hydrogens (tertiary/aromatic N) is 2. The Morgan fingerprint density at radius 2 is 2.03 bits per heavy atom. The first kappa shape index (κ1) is 20.5. The number of aromatic nitrogens is 3. The Balaban J connectivity index is 1.67. The molecule has 1 amide bonds. The van der Waals surface area contributed by atoms with E-state index in [0.717, 1.165) is 35.7 Å². The molecule has 1 fully saturated rings. The predicted octanol–water partition coefficient (Wildman–Crippen LogP) is 3.53. The minimum atomic E-state index is -0.534. The molecule has 1 saturated carbocycles. The fourth-order valence-corrected chi connectivity index (χ4v) is 4.13. The molecule has 1 aromatic carbocycles. The van der Waals surface area contributed by atoms with E-state index in [0.29, 0.717) is 23.7 Å². The number of carbonyl (C=O) groups is 1. The summed E-state index contributed by atoms with van der Waals surface area (Å²) in [5.74, 6) is 0.110. The molecule has 0 saturated heterocycles. The summed E-state index contributed by atoms with van der Waals surface area (Å²) in [7, 11) is 0.